The SMILES string of the molecule is COc1ccc(CC(=O)N2CCN(C)CC2)cc1OC.[Cl-]. The number of likely N-dealkylation sites (N-methyl/N-ethyl adjacent to an activating group) is 1. The highest BCUT2D eigenvalue weighted by Crippen LogP contribution is 2.27. The Morgan fingerprint density at radius 3 is 2.29 bits per heavy atom. The second-order valence-electron chi connectivity index (χ2n) is 5.05. The highest BCUT2D eigenvalue weighted by molar-refractivity contribution is 5.79. The van der Waals surface area contributed by atoms with Gasteiger partial charge in [0.1, 0.15) is 0 Å². The van der Waals surface area contributed by atoms with Crippen molar-refractivity contribution in [2.24, 2.45) is 0 Å². The van der Waals surface area contributed by atoms with Gasteiger partial charge >= 0.3 is 0 Å². The second kappa shape index (κ2) is 8.10. The summed E-state index contributed by atoms with van der Waals surface area (Å²) in [7, 11) is 5.28. The Balaban J connectivity index is 0.00000220. The van der Waals surface area contributed by atoms with Crippen LogP contribution in [0.4, 0.5) is 0 Å². The first-order valence-corrected chi connectivity index (χ1v) is 6.81. The molecule has 0 spiro atoms. The first-order valence-electron chi connectivity index (χ1n) is 6.81. The van der Waals surface area contributed by atoms with E-state index in [0.717, 1.165) is 31.7 Å². The summed E-state index contributed by atoms with van der Waals surface area (Å²) in [6.45, 7) is 3.50. The molecule has 5 nitrogen and oxygen atoms in total. The van der Waals surface area contributed by atoms with E-state index >= 15 is 0 Å². The topological polar surface area (TPSA) is 42.0 Å². The zero-order valence-corrected chi connectivity index (χ0v) is 13.5. The van der Waals surface area contributed by atoms with E-state index in [2.05, 4.69) is 11.9 Å². The van der Waals surface area contributed by atoms with E-state index in [0.29, 0.717) is 17.9 Å². The van der Waals surface area contributed by atoms with Crippen LogP contribution in [0, 0.1) is 0 Å². The van der Waals surface area contributed by atoms with E-state index < -0.39 is 0 Å². The van der Waals surface area contributed by atoms with Crippen molar-refractivity contribution in [3.8, 4) is 11.5 Å². The number of hydrogen-bond donors (Lipinski definition) is 0. The number of nitrogens with zero attached hydrogens (tertiary/aromatic N) is 2. The first kappa shape index (κ1) is 17.6. The molecule has 1 fully saturated rings. The van der Waals surface area contributed by atoms with E-state index in [1.807, 2.05) is 23.1 Å². The fourth-order valence-electron chi connectivity index (χ4n) is 2.33. The number of amides is 1. The summed E-state index contributed by atoms with van der Waals surface area (Å²) in [6, 6.07) is 5.62. The van der Waals surface area contributed by atoms with E-state index in [-0.39, 0.29) is 18.3 Å². The Labute approximate surface area is 132 Å². The van der Waals surface area contributed by atoms with Gasteiger partial charge in [-0.1, -0.05) is 6.07 Å². The van der Waals surface area contributed by atoms with Gasteiger partial charge in [-0.2, -0.15) is 0 Å². The molecule has 2 rings (SSSR count). The molecule has 1 aliphatic rings. The van der Waals surface area contributed by atoms with Crippen molar-refractivity contribution in [2.45, 2.75) is 6.42 Å². The standard InChI is InChI=1S/C15H22N2O3.ClH/c1-16-6-8-17(9-7-16)15(18)11-12-4-5-13(19-2)14(10-12)20-3;/h4-5,10H,6-9,11H2,1-3H3;1H/p-1. The average Bonchev–Trinajstić information content (AvgIpc) is 2.47. The Bertz CT molecular complexity index is 474. The third-order valence-corrected chi connectivity index (χ3v) is 3.66. The van der Waals surface area contributed by atoms with Crippen LogP contribution in [0.3, 0.4) is 0 Å². The smallest absolute Gasteiger partial charge is 0.227 e. The van der Waals surface area contributed by atoms with Crippen molar-refractivity contribution < 1.29 is 26.7 Å². The van der Waals surface area contributed by atoms with Gasteiger partial charge in [0.15, 0.2) is 11.5 Å². The molecule has 118 valence electrons. The molecule has 0 atom stereocenters. The zero-order valence-electron chi connectivity index (χ0n) is 12.8. The van der Waals surface area contributed by atoms with Gasteiger partial charge in [-0.05, 0) is 24.7 Å². The van der Waals surface area contributed by atoms with Gasteiger partial charge in [-0.25, -0.2) is 0 Å². The minimum absolute atomic E-state index is 0. The molecule has 1 aliphatic heterocycles. The molecule has 0 N–H and O–H groups in total. The molecule has 0 aliphatic carbocycles. The normalized spacial score (nSPS) is 15.3. The highest BCUT2D eigenvalue weighted by Gasteiger charge is 2.19. The fraction of sp³-hybridized carbons (Fsp3) is 0.533. The number of halogens is 1. The Morgan fingerprint density at radius 2 is 1.71 bits per heavy atom. The Hall–Kier alpha value is -1.46. The fourth-order valence-corrected chi connectivity index (χ4v) is 2.33. The molecule has 21 heavy (non-hydrogen) atoms. The van der Waals surface area contributed by atoms with Crippen molar-refractivity contribution in [1.82, 2.24) is 9.80 Å². The van der Waals surface area contributed by atoms with Crippen LogP contribution in [-0.4, -0.2) is 63.2 Å². The average molecular weight is 314 g/mol. The van der Waals surface area contributed by atoms with Crippen LogP contribution in [0.1, 0.15) is 5.56 Å². The lowest BCUT2D eigenvalue weighted by Gasteiger charge is -2.32. The van der Waals surface area contributed by atoms with Crippen LogP contribution in [0.15, 0.2) is 18.2 Å². The molecule has 1 aromatic carbocycles. The molecule has 6 heteroatoms. The number of rotatable bonds is 4. The third-order valence-electron chi connectivity index (χ3n) is 3.66. The molecule has 0 radical (unpaired) electrons. The number of carbonyl (C=O) groups excluding carboxylic acids is 1. The summed E-state index contributed by atoms with van der Waals surface area (Å²) in [4.78, 5) is 16.4. The lowest BCUT2D eigenvalue weighted by Crippen LogP contribution is -3.00. The minimum atomic E-state index is 0. The van der Waals surface area contributed by atoms with E-state index in [1.165, 1.54) is 0 Å². The van der Waals surface area contributed by atoms with Crippen LogP contribution in [0.2, 0.25) is 0 Å². The Kier molecular flexibility index (Phi) is 6.78. The monoisotopic (exact) mass is 313 g/mol. The summed E-state index contributed by atoms with van der Waals surface area (Å²) in [6.07, 6.45) is 0.407. The van der Waals surface area contributed by atoms with Crippen LogP contribution in [0.5, 0.6) is 11.5 Å². The van der Waals surface area contributed by atoms with Crippen LogP contribution >= 0.6 is 0 Å². The summed E-state index contributed by atoms with van der Waals surface area (Å²) >= 11 is 0. The predicted molar refractivity (Wildman–Crippen MR) is 77.3 cm³/mol. The zero-order chi connectivity index (χ0) is 14.5. The van der Waals surface area contributed by atoms with Gasteiger partial charge in [0.2, 0.25) is 5.91 Å². The highest BCUT2D eigenvalue weighted by atomic mass is 35.5. The van der Waals surface area contributed by atoms with Crippen molar-refractivity contribution in [2.75, 3.05) is 47.4 Å². The molecule has 1 aromatic rings. The minimum Gasteiger partial charge on any atom is -1.00 e. The molecule has 0 saturated carbocycles. The lowest BCUT2D eigenvalue weighted by molar-refractivity contribution is -0.132. The summed E-state index contributed by atoms with van der Waals surface area (Å²) < 4.78 is 10.5. The number of carbonyl (C=O) groups is 1. The predicted octanol–water partition coefficient (Wildman–Crippen LogP) is -1.98. The maximum atomic E-state index is 12.3. The van der Waals surface area contributed by atoms with Crippen molar-refractivity contribution >= 4 is 5.91 Å². The summed E-state index contributed by atoms with van der Waals surface area (Å²) in [5.74, 6) is 1.52. The van der Waals surface area contributed by atoms with Crippen molar-refractivity contribution in [3.63, 3.8) is 0 Å². The van der Waals surface area contributed by atoms with Crippen LogP contribution in [-0.2, 0) is 11.2 Å². The van der Waals surface area contributed by atoms with E-state index in [9.17, 15) is 4.79 Å². The molecule has 1 heterocycles. The van der Waals surface area contributed by atoms with Crippen LogP contribution < -0.4 is 21.9 Å². The van der Waals surface area contributed by atoms with Gasteiger partial charge < -0.3 is 31.7 Å². The number of ether oxygens (including phenoxy) is 2. The van der Waals surface area contributed by atoms with Crippen LogP contribution in [0.25, 0.3) is 0 Å². The molecular weight excluding hydrogens is 292 g/mol. The molecule has 1 amide bonds. The summed E-state index contributed by atoms with van der Waals surface area (Å²) in [5.41, 5.74) is 0.951. The molecule has 1 saturated heterocycles. The lowest BCUT2D eigenvalue weighted by atomic mass is 10.1. The Morgan fingerprint density at radius 1 is 1.10 bits per heavy atom. The van der Waals surface area contributed by atoms with Gasteiger partial charge in [0.25, 0.3) is 0 Å². The maximum absolute atomic E-state index is 12.3. The second-order valence-corrected chi connectivity index (χ2v) is 5.05. The third kappa shape index (κ3) is 4.51. The quantitative estimate of drug-likeness (QED) is 0.646. The van der Waals surface area contributed by atoms with Crippen molar-refractivity contribution in [1.29, 1.82) is 0 Å². The largest absolute Gasteiger partial charge is 1.00 e. The van der Waals surface area contributed by atoms with Gasteiger partial charge in [-0.15, -0.1) is 0 Å². The van der Waals surface area contributed by atoms with Gasteiger partial charge in [0, 0.05) is 26.2 Å². The number of hydrogen-bond acceptors (Lipinski definition) is 4. The molecule has 0 aromatic heterocycles. The number of piperazine rings is 1. The van der Waals surface area contributed by atoms with Gasteiger partial charge in [0.05, 0.1) is 20.6 Å². The maximum Gasteiger partial charge on any atom is 0.227 e. The molecule has 0 unspecified atom stereocenters. The number of benzene rings is 1. The van der Waals surface area contributed by atoms with E-state index in [1.54, 1.807) is 14.2 Å². The summed E-state index contributed by atoms with van der Waals surface area (Å²) in [5, 5.41) is 0. The van der Waals surface area contributed by atoms with E-state index in [4.69, 9.17) is 9.47 Å². The molecule has 0 bridgehead atoms. The number of methoxy groups -OCH3 is 2. The molecular formula is C15H22ClN2O3-. The van der Waals surface area contributed by atoms with Crippen molar-refractivity contribution in [3.05, 3.63) is 23.8 Å². The van der Waals surface area contributed by atoms with Gasteiger partial charge in [-0.3, -0.25) is 4.79 Å². The first-order chi connectivity index (χ1) is 9.63.